The Morgan fingerprint density at radius 2 is 2.19 bits per heavy atom. The maximum absolute atomic E-state index is 11.8. The zero-order valence-corrected chi connectivity index (χ0v) is 13.6. The van der Waals surface area contributed by atoms with Crippen LogP contribution in [-0.4, -0.2) is 24.9 Å². The number of carbonyl (C=O) groups excluding carboxylic acids is 1. The van der Waals surface area contributed by atoms with Gasteiger partial charge >= 0.3 is 5.97 Å². The summed E-state index contributed by atoms with van der Waals surface area (Å²) in [6, 6.07) is 8.41. The second-order valence-corrected chi connectivity index (χ2v) is 6.87. The van der Waals surface area contributed by atoms with Gasteiger partial charge in [-0.3, -0.25) is 4.79 Å². The molecule has 0 spiro atoms. The molecule has 1 aliphatic carbocycles. The van der Waals surface area contributed by atoms with E-state index in [1.807, 2.05) is 13.2 Å². The maximum Gasteiger partial charge on any atom is 0.305 e. The second-order valence-electron chi connectivity index (χ2n) is 6.87. The highest BCUT2D eigenvalue weighted by Crippen LogP contribution is 2.48. The fourth-order valence-corrected chi connectivity index (χ4v) is 3.58. The molecule has 1 aromatic rings. The third-order valence-electron chi connectivity index (χ3n) is 4.73. The number of benzene rings is 1. The van der Waals surface area contributed by atoms with Gasteiger partial charge in [0.2, 0.25) is 0 Å². The van der Waals surface area contributed by atoms with Gasteiger partial charge in [0.1, 0.15) is 0 Å². The summed E-state index contributed by atoms with van der Waals surface area (Å²) in [6.45, 7) is 4.59. The summed E-state index contributed by atoms with van der Waals surface area (Å²) in [4.78, 5) is 11.8. The first kappa shape index (κ1) is 15.9. The first-order valence-electron chi connectivity index (χ1n) is 7.72. The predicted molar refractivity (Wildman–Crippen MR) is 84.5 cm³/mol. The van der Waals surface area contributed by atoms with Gasteiger partial charge < -0.3 is 9.47 Å². The topological polar surface area (TPSA) is 39.1 Å². The number of hydrogen-bond donors (Lipinski definition) is 0. The molecule has 0 saturated heterocycles. The molecule has 0 amide bonds. The molecule has 0 radical (unpaired) electrons. The van der Waals surface area contributed by atoms with E-state index in [-0.39, 0.29) is 5.97 Å². The molecular weight excluding hydrogens is 264 g/mol. The highest BCUT2D eigenvalue weighted by atomic mass is 16.5. The number of ether oxygens (including phenoxy) is 2. The van der Waals surface area contributed by atoms with Crippen LogP contribution in [-0.2, 0) is 9.53 Å². The van der Waals surface area contributed by atoms with E-state index in [2.05, 4.69) is 36.8 Å². The van der Waals surface area contributed by atoms with Crippen molar-refractivity contribution in [2.45, 2.75) is 45.4 Å². The van der Waals surface area contributed by atoms with E-state index in [9.17, 15) is 4.79 Å². The van der Waals surface area contributed by atoms with E-state index in [0.717, 1.165) is 18.6 Å². The van der Waals surface area contributed by atoms with Crippen molar-refractivity contribution in [3.8, 4) is 5.75 Å². The predicted octanol–water partition coefficient (Wildman–Crippen LogP) is 4.03. The van der Waals surface area contributed by atoms with Gasteiger partial charge in [-0.2, -0.15) is 0 Å². The third kappa shape index (κ3) is 3.99. The van der Waals surface area contributed by atoms with Crippen LogP contribution in [0.2, 0.25) is 0 Å². The Morgan fingerprint density at radius 1 is 1.43 bits per heavy atom. The van der Waals surface area contributed by atoms with Crippen molar-refractivity contribution in [2.75, 3.05) is 14.2 Å². The van der Waals surface area contributed by atoms with Gasteiger partial charge in [-0.05, 0) is 42.1 Å². The third-order valence-corrected chi connectivity index (χ3v) is 4.73. The highest BCUT2D eigenvalue weighted by molar-refractivity contribution is 5.69. The Balaban J connectivity index is 2.23. The molecule has 0 bridgehead atoms. The van der Waals surface area contributed by atoms with Crippen molar-refractivity contribution >= 4 is 5.97 Å². The van der Waals surface area contributed by atoms with E-state index in [1.165, 1.54) is 19.1 Å². The van der Waals surface area contributed by atoms with E-state index < -0.39 is 0 Å². The molecule has 0 unspecified atom stereocenters. The Morgan fingerprint density at radius 3 is 2.86 bits per heavy atom. The van der Waals surface area contributed by atoms with Crippen LogP contribution >= 0.6 is 0 Å². The van der Waals surface area contributed by atoms with Gasteiger partial charge in [0, 0.05) is 18.6 Å². The molecule has 2 atom stereocenters. The Kier molecular flexibility index (Phi) is 4.92. The average Bonchev–Trinajstić information content (AvgIpc) is 2.46. The largest absolute Gasteiger partial charge is 0.585 e. The van der Waals surface area contributed by atoms with Crippen LogP contribution in [0.5, 0.6) is 5.75 Å². The summed E-state index contributed by atoms with van der Waals surface area (Å²) < 4.78 is 9.16. The number of aliphatic hydroxyl groups is 1. The Bertz CT molecular complexity index is 493. The van der Waals surface area contributed by atoms with E-state index in [0.29, 0.717) is 23.7 Å². The smallest absolute Gasteiger partial charge is 0.305 e. The van der Waals surface area contributed by atoms with Crippen molar-refractivity contribution in [3.63, 3.8) is 0 Å². The molecule has 0 heterocycles. The lowest BCUT2D eigenvalue weighted by atomic mass is 9.64. The van der Waals surface area contributed by atoms with Crippen molar-refractivity contribution in [2.24, 2.45) is 11.3 Å². The minimum Gasteiger partial charge on any atom is -0.585 e. The van der Waals surface area contributed by atoms with Crippen molar-refractivity contribution < 1.29 is 14.3 Å². The number of esters is 1. The lowest BCUT2D eigenvalue weighted by molar-refractivity contribution is -0.142. The fourth-order valence-electron chi connectivity index (χ4n) is 3.58. The van der Waals surface area contributed by atoms with Crippen LogP contribution in [0.25, 0.3) is 0 Å². The van der Waals surface area contributed by atoms with Crippen LogP contribution in [0.3, 0.4) is 0 Å². The molecule has 1 N–H and O–H groups in total. The van der Waals surface area contributed by atoms with Crippen molar-refractivity contribution in [1.82, 2.24) is 0 Å². The van der Waals surface area contributed by atoms with Crippen LogP contribution in [0, 0.1) is 11.3 Å². The zero-order valence-electron chi connectivity index (χ0n) is 13.6. The van der Waals surface area contributed by atoms with Crippen LogP contribution in [0.15, 0.2) is 24.3 Å². The van der Waals surface area contributed by atoms with Crippen molar-refractivity contribution in [3.05, 3.63) is 29.8 Å². The summed E-state index contributed by atoms with van der Waals surface area (Å²) in [5, 5.41) is 0. The molecular formula is C18H27O3+. The fraction of sp³-hybridized carbons (Fsp3) is 0.611. The van der Waals surface area contributed by atoms with Gasteiger partial charge in [0.25, 0.3) is 5.75 Å². The van der Waals surface area contributed by atoms with Gasteiger partial charge in [-0.15, -0.1) is 0 Å². The highest BCUT2D eigenvalue weighted by Gasteiger charge is 2.37. The number of aromatic hydroxyl groups is 1. The number of rotatable bonds is 4. The summed E-state index contributed by atoms with van der Waals surface area (Å²) >= 11 is 0. The standard InChI is InChI=1S/C18H26O3/c1-18(2)9-8-16(14(12-18)11-17(19)21-4)13-6-5-7-15(10-13)20-3/h5-7,10,14,16H,8-9,11-12H2,1-4H3/p+1/t14-,16-/m0/s1. The molecule has 3 nitrogen and oxygen atoms in total. The molecule has 21 heavy (non-hydrogen) atoms. The number of carbonyl (C=O) groups is 1. The van der Waals surface area contributed by atoms with Crippen LogP contribution < -0.4 is 0 Å². The Labute approximate surface area is 127 Å². The minimum atomic E-state index is -0.0981. The molecule has 1 aliphatic rings. The van der Waals surface area contributed by atoms with Gasteiger partial charge in [-0.1, -0.05) is 26.0 Å². The normalized spacial score (nSPS) is 24.4. The molecule has 1 aromatic carbocycles. The number of hydrogen-bond acceptors (Lipinski definition) is 2. The van der Waals surface area contributed by atoms with Gasteiger partial charge in [-0.25, -0.2) is 0 Å². The molecule has 0 aromatic heterocycles. The maximum atomic E-state index is 11.8. The van der Waals surface area contributed by atoms with Gasteiger partial charge in [0.15, 0.2) is 7.11 Å². The summed E-state index contributed by atoms with van der Waals surface area (Å²) in [5.74, 6) is 1.69. The van der Waals surface area contributed by atoms with Gasteiger partial charge in [0.05, 0.1) is 7.11 Å². The van der Waals surface area contributed by atoms with Crippen LogP contribution in [0.1, 0.15) is 51.0 Å². The SMILES string of the molecule is COC(=O)C[C@H]1CC(C)(C)CC[C@H]1c1cccc([OH+]C)c1. The molecule has 1 fully saturated rings. The van der Waals surface area contributed by atoms with E-state index >= 15 is 0 Å². The molecule has 0 aliphatic heterocycles. The van der Waals surface area contributed by atoms with E-state index in [1.54, 1.807) is 0 Å². The van der Waals surface area contributed by atoms with Crippen LogP contribution in [0.4, 0.5) is 0 Å². The average molecular weight is 291 g/mol. The first-order chi connectivity index (χ1) is 9.95. The zero-order chi connectivity index (χ0) is 15.5. The van der Waals surface area contributed by atoms with E-state index in [4.69, 9.17) is 4.74 Å². The summed E-state index contributed by atoms with van der Waals surface area (Å²) in [7, 11) is 3.29. The molecule has 116 valence electrons. The first-order valence-corrected chi connectivity index (χ1v) is 7.72. The summed E-state index contributed by atoms with van der Waals surface area (Å²) in [6.07, 6.45) is 3.91. The summed E-state index contributed by atoms with van der Waals surface area (Å²) in [5.41, 5.74) is 1.62. The quantitative estimate of drug-likeness (QED) is 0.620. The molecule has 2 rings (SSSR count). The molecule has 3 heteroatoms. The van der Waals surface area contributed by atoms with Crippen molar-refractivity contribution in [1.29, 1.82) is 0 Å². The number of methoxy groups -OCH3 is 1. The molecule has 1 saturated carbocycles. The second kappa shape index (κ2) is 6.50. The Hall–Kier alpha value is -1.51. The lowest BCUT2D eigenvalue weighted by Gasteiger charge is -2.40. The minimum absolute atomic E-state index is 0.0981. The lowest BCUT2D eigenvalue weighted by Crippen LogP contribution is -2.30. The monoisotopic (exact) mass is 291 g/mol.